The molecule has 18 heavy (non-hydrogen) atoms. The molecule has 0 aliphatic carbocycles. The fourth-order valence-corrected chi connectivity index (χ4v) is 2.13. The van der Waals surface area contributed by atoms with Crippen LogP contribution < -0.4 is 14.8 Å². The maximum absolute atomic E-state index is 5.46. The summed E-state index contributed by atoms with van der Waals surface area (Å²) in [5.41, 5.74) is 1.21. The Labute approximate surface area is 110 Å². The van der Waals surface area contributed by atoms with Crippen molar-refractivity contribution in [1.29, 1.82) is 0 Å². The molecule has 0 saturated heterocycles. The fraction of sp³-hybridized carbons (Fsp3) is 0.600. The summed E-state index contributed by atoms with van der Waals surface area (Å²) < 4.78 is 10.7. The van der Waals surface area contributed by atoms with Crippen molar-refractivity contribution < 1.29 is 9.47 Å². The second-order valence-corrected chi connectivity index (χ2v) is 5.01. The summed E-state index contributed by atoms with van der Waals surface area (Å²) in [5, 5.41) is 3.53. The molecule has 0 aliphatic heterocycles. The molecule has 0 spiro atoms. The molecule has 2 unspecified atom stereocenters. The van der Waals surface area contributed by atoms with E-state index in [1.54, 1.807) is 14.2 Å². The smallest absolute Gasteiger partial charge is 0.126 e. The molecule has 0 amide bonds. The molecule has 102 valence electrons. The van der Waals surface area contributed by atoms with Crippen LogP contribution in [0, 0.1) is 0 Å². The van der Waals surface area contributed by atoms with Gasteiger partial charge in [-0.2, -0.15) is 0 Å². The minimum Gasteiger partial charge on any atom is -0.497 e. The monoisotopic (exact) mass is 251 g/mol. The number of benzene rings is 1. The predicted octanol–water partition coefficient (Wildman–Crippen LogP) is 3.19. The molecule has 0 fully saturated rings. The largest absolute Gasteiger partial charge is 0.497 e. The van der Waals surface area contributed by atoms with Crippen molar-refractivity contribution in [2.45, 2.75) is 45.7 Å². The Balaban J connectivity index is 2.93. The molecule has 1 rings (SSSR count). The summed E-state index contributed by atoms with van der Waals surface area (Å²) in [6, 6.07) is 6.88. The molecule has 0 radical (unpaired) electrons. The molecule has 0 aromatic heterocycles. The normalized spacial score (nSPS) is 14.4. The van der Waals surface area contributed by atoms with Crippen LogP contribution >= 0.6 is 0 Å². The second-order valence-electron chi connectivity index (χ2n) is 5.01. The van der Waals surface area contributed by atoms with Crippen LogP contribution in [-0.4, -0.2) is 26.3 Å². The van der Waals surface area contributed by atoms with Gasteiger partial charge in [-0.15, -0.1) is 0 Å². The summed E-state index contributed by atoms with van der Waals surface area (Å²) in [5.74, 6) is 2.10. The molecule has 1 aromatic carbocycles. The molecule has 3 heteroatoms. The Morgan fingerprint density at radius 3 is 2.17 bits per heavy atom. The average Bonchev–Trinajstić information content (AvgIpc) is 2.36. The first kappa shape index (κ1) is 14.8. The second kappa shape index (κ2) is 6.64. The number of methoxy groups -OCH3 is 2. The number of ether oxygens (including phenoxy) is 2. The fourth-order valence-electron chi connectivity index (χ4n) is 2.13. The van der Waals surface area contributed by atoms with Crippen molar-refractivity contribution in [3.05, 3.63) is 23.8 Å². The van der Waals surface area contributed by atoms with Crippen LogP contribution in [0.2, 0.25) is 0 Å². The Morgan fingerprint density at radius 2 is 1.67 bits per heavy atom. The van der Waals surface area contributed by atoms with E-state index in [4.69, 9.17) is 9.47 Å². The Morgan fingerprint density at radius 1 is 1.00 bits per heavy atom. The van der Waals surface area contributed by atoms with E-state index < -0.39 is 0 Å². The third-order valence-corrected chi connectivity index (χ3v) is 3.28. The standard InChI is InChI=1S/C15H25NO2/c1-10(2)16-12(4)11(3)14-8-7-13(17-5)9-15(14)18-6/h7-12,16H,1-6H3. The zero-order valence-electron chi connectivity index (χ0n) is 12.3. The van der Waals surface area contributed by atoms with E-state index in [0.717, 1.165) is 11.5 Å². The summed E-state index contributed by atoms with van der Waals surface area (Å²) in [6.45, 7) is 8.74. The average molecular weight is 251 g/mol. The van der Waals surface area contributed by atoms with E-state index >= 15 is 0 Å². The Kier molecular flexibility index (Phi) is 5.48. The molecule has 0 aliphatic rings. The van der Waals surface area contributed by atoms with Crippen molar-refractivity contribution in [3.8, 4) is 11.5 Å². The van der Waals surface area contributed by atoms with E-state index in [2.05, 4.69) is 39.1 Å². The molecule has 0 bridgehead atoms. The molecular formula is C15H25NO2. The first-order valence-corrected chi connectivity index (χ1v) is 6.47. The lowest BCUT2D eigenvalue weighted by molar-refractivity contribution is 0.379. The summed E-state index contributed by atoms with van der Waals surface area (Å²) >= 11 is 0. The maximum Gasteiger partial charge on any atom is 0.126 e. The lowest BCUT2D eigenvalue weighted by Crippen LogP contribution is -2.36. The van der Waals surface area contributed by atoms with Gasteiger partial charge in [0.1, 0.15) is 11.5 Å². The van der Waals surface area contributed by atoms with E-state index in [9.17, 15) is 0 Å². The number of rotatable bonds is 6. The van der Waals surface area contributed by atoms with Crippen LogP contribution in [0.5, 0.6) is 11.5 Å². The number of nitrogens with one attached hydrogen (secondary N) is 1. The highest BCUT2D eigenvalue weighted by atomic mass is 16.5. The van der Waals surface area contributed by atoms with Crippen LogP contribution in [0.3, 0.4) is 0 Å². The van der Waals surface area contributed by atoms with Gasteiger partial charge in [0, 0.05) is 18.2 Å². The van der Waals surface area contributed by atoms with Crippen molar-refractivity contribution in [2.75, 3.05) is 14.2 Å². The van der Waals surface area contributed by atoms with E-state index in [1.807, 2.05) is 12.1 Å². The summed E-state index contributed by atoms with van der Waals surface area (Å²) in [4.78, 5) is 0. The zero-order chi connectivity index (χ0) is 13.7. The minimum atomic E-state index is 0.383. The van der Waals surface area contributed by atoms with E-state index in [-0.39, 0.29) is 0 Å². The van der Waals surface area contributed by atoms with Gasteiger partial charge in [0.25, 0.3) is 0 Å². The predicted molar refractivity (Wildman–Crippen MR) is 75.7 cm³/mol. The van der Waals surface area contributed by atoms with E-state index in [1.165, 1.54) is 5.56 Å². The Bertz CT molecular complexity index is 377. The van der Waals surface area contributed by atoms with Crippen LogP contribution in [-0.2, 0) is 0 Å². The van der Waals surface area contributed by atoms with Gasteiger partial charge in [-0.3, -0.25) is 0 Å². The molecular weight excluding hydrogens is 226 g/mol. The topological polar surface area (TPSA) is 30.5 Å². The van der Waals surface area contributed by atoms with Crippen LogP contribution in [0.4, 0.5) is 0 Å². The van der Waals surface area contributed by atoms with Gasteiger partial charge in [0.2, 0.25) is 0 Å². The summed E-state index contributed by atoms with van der Waals surface area (Å²) in [6.07, 6.45) is 0. The van der Waals surface area contributed by atoms with Gasteiger partial charge < -0.3 is 14.8 Å². The lowest BCUT2D eigenvalue weighted by atomic mass is 9.93. The highest BCUT2D eigenvalue weighted by Crippen LogP contribution is 2.32. The maximum atomic E-state index is 5.46. The third kappa shape index (κ3) is 3.64. The zero-order valence-corrected chi connectivity index (χ0v) is 12.3. The van der Waals surface area contributed by atoms with Crippen molar-refractivity contribution >= 4 is 0 Å². The van der Waals surface area contributed by atoms with Gasteiger partial charge in [0.05, 0.1) is 14.2 Å². The molecule has 1 N–H and O–H groups in total. The molecule has 2 atom stereocenters. The first-order valence-electron chi connectivity index (χ1n) is 6.47. The SMILES string of the molecule is COc1ccc(C(C)C(C)NC(C)C)c(OC)c1. The van der Waals surface area contributed by atoms with Crippen LogP contribution in [0.15, 0.2) is 18.2 Å². The van der Waals surface area contributed by atoms with Gasteiger partial charge in [-0.1, -0.05) is 26.8 Å². The molecule has 0 heterocycles. The van der Waals surface area contributed by atoms with Gasteiger partial charge in [-0.05, 0) is 24.5 Å². The van der Waals surface area contributed by atoms with E-state index in [0.29, 0.717) is 18.0 Å². The number of hydrogen-bond donors (Lipinski definition) is 1. The van der Waals surface area contributed by atoms with Crippen LogP contribution in [0.1, 0.15) is 39.2 Å². The minimum absolute atomic E-state index is 0.383. The lowest BCUT2D eigenvalue weighted by Gasteiger charge is -2.25. The van der Waals surface area contributed by atoms with Gasteiger partial charge in [0.15, 0.2) is 0 Å². The van der Waals surface area contributed by atoms with Crippen LogP contribution in [0.25, 0.3) is 0 Å². The summed E-state index contributed by atoms with van der Waals surface area (Å²) in [7, 11) is 3.37. The van der Waals surface area contributed by atoms with Crippen molar-refractivity contribution in [2.24, 2.45) is 0 Å². The third-order valence-electron chi connectivity index (χ3n) is 3.28. The molecule has 3 nitrogen and oxygen atoms in total. The molecule has 1 aromatic rings. The van der Waals surface area contributed by atoms with Crippen molar-refractivity contribution in [3.63, 3.8) is 0 Å². The highest BCUT2D eigenvalue weighted by molar-refractivity contribution is 5.43. The van der Waals surface area contributed by atoms with Crippen molar-refractivity contribution in [1.82, 2.24) is 5.32 Å². The quantitative estimate of drug-likeness (QED) is 0.842. The van der Waals surface area contributed by atoms with Gasteiger partial charge in [-0.25, -0.2) is 0 Å². The first-order chi connectivity index (χ1) is 8.49. The highest BCUT2D eigenvalue weighted by Gasteiger charge is 2.19. The number of hydrogen-bond acceptors (Lipinski definition) is 3. The van der Waals surface area contributed by atoms with Gasteiger partial charge >= 0.3 is 0 Å². The Hall–Kier alpha value is -1.22. The molecule has 0 saturated carbocycles.